The maximum atomic E-state index is 13.2. The number of H-pyrrole nitrogens is 1. The Kier molecular flexibility index (Phi) is 4.53. The van der Waals surface area contributed by atoms with E-state index >= 15 is 0 Å². The smallest absolute Gasteiger partial charge is 0.248 e. The number of aromatic amines is 1. The molecule has 0 unspecified atom stereocenters. The van der Waals surface area contributed by atoms with Gasteiger partial charge in [0.25, 0.3) is 0 Å². The van der Waals surface area contributed by atoms with Crippen molar-refractivity contribution >= 4 is 22.5 Å². The first-order chi connectivity index (χ1) is 12.5. The predicted octanol–water partition coefficient (Wildman–Crippen LogP) is 5.48. The summed E-state index contributed by atoms with van der Waals surface area (Å²) in [6.45, 7) is 0.448. The van der Waals surface area contributed by atoms with Crippen LogP contribution in [0.3, 0.4) is 0 Å². The SMILES string of the molecule is FC1(F)CCC(COc2cccc(-c3n[nH]c4ccnc(Cl)c34)c2)CC1. The van der Waals surface area contributed by atoms with Gasteiger partial charge in [-0.1, -0.05) is 23.7 Å². The van der Waals surface area contributed by atoms with Gasteiger partial charge < -0.3 is 4.74 Å². The maximum Gasteiger partial charge on any atom is 0.248 e. The summed E-state index contributed by atoms with van der Waals surface area (Å²) < 4.78 is 32.4. The van der Waals surface area contributed by atoms with E-state index in [1.807, 2.05) is 30.3 Å². The minimum absolute atomic E-state index is 0.0498. The Morgan fingerprint density at radius 2 is 2.04 bits per heavy atom. The second-order valence-electron chi connectivity index (χ2n) is 6.73. The number of nitrogens with zero attached hydrogens (tertiary/aromatic N) is 2. The van der Waals surface area contributed by atoms with Crippen molar-refractivity contribution in [1.82, 2.24) is 15.2 Å². The molecule has 2 heterocycles. The first-order valence-electron chi connectivity index (χ1n) is 8.61. The number of aromatic nitrogens is 3. The molecule has 2 aromatic heterocycles. The van der Waals surface area contributed by atoms with Gasteiger partial charge in [-0.25, -0.2) is 13.8 Å². The number of pyridine rings is 1. The van der Waals surface area contributed by atoms with E-state index < -0.39 is 5.92 Å². The minimum Gasteiger partial charge on any atom is -0.493 e. The first kappa shape index (κ1) is 17.2. The van der Waals surface area contributed by atoms with Gasteiger partial charge >= 0.3 is 0 Å². The molecule has 0 amide bonds. The quantitative estimate of drug-likeness (QED) is 0.612. The highest BCUT2D eigenvalue weighted by Gasteiger charge is 2.35. The van der Waals surface area contributed by atoms with Crippen LogP contribution in [0.5, 0.6) is 5.75 Å². The van der Waals surface area contributed by atoms with Gasteiger partial charge in [-0.2, -0.15) is 5.10 Å². The molecule has 1 fully saturated rings. The molecule has 3 aromatic rings. The molecule has 0 saturated heterocycles. The van der Waals surface area contributed by atoms with Crippen LogP contribution in [0.2, 0.25) is 5.15 Å². The number of rotatable bonds is 4. The second-order valence-corrected chi connectivity index (χ2v) is 7.09. The third-order valence-electron chi connectivity index (χ3n) is 4.86. The molecule has 26 heavy (non-hydrogen) atoms. The number of hydrogen-bond donors (Lipinski definition) is 1. The minimum atomic E-state index is -2.51. The fourth-order valence-corrected chi connectivity index (χ4v) is 3.60. The van der Waals surface area contributed by atoms with Gasteiger partial charge in [0.1, 0.15) is 16.6 Å². The van der Waals surface area contributed by atoms with Gasteiger partial charge in [0.05, 0.1) is 17.5 Å². The van der Waals surface area contributed by atoms with E-state index in [2.05, 4.69) is 15.2 Å². The topological polar surface area (TPSA) is 50.8 Å². The average Bonchev–Trinajstić information content (AvgIpc) is 3.07. The van der Waals surface area contributed by atoms with Gasteiger partial charge in [-0.3, -0.25) is 5.10 Å². The molecule has 1 aromatic carbocycles. The summed E-state index contributed by atoms with van der Waals surface area (Å²) in [5.41, 5.74) is 2.38. The van der Waals surface area contributed by atoms with E-state index in [4.69, 9.17) is 16.3 Å². The summed E-state index contributed by atoms with van der Waals surface area (Å²) in [5, 5.41) is 8.45. The zero-order chi connectivity index (χ0) is 18.1. The molecule has 4 rings (SSSR count). The molecule has 0 aliphatic heterocycles. The van der Waals surface area contributed by atoms with Gasteiger partial charge in [-0.15, -0.1) is 0 Å². The number of fused-ring (bicyclic) bond motifs is 1. The Morgan fingerprint density at radius 1 is 1.23 bits per heavy atom. The number of benzene rings is 1. The van der Waals surface area contributed by atoms with Crippen molar-refractivity contribution in [1.29, 1.82) is 0 Å². The molecule has 1 aliphatic rings. The summed E-state index contributed by atoms with van der Waals surface area (Å²) in [5.74, 6) is -1.65. The molecule has 1 aliphatic carbocycles. The van der Waals surface area contributed by atoms with Crippen molar-refractivity contribution in [3.8, 4) is 17.0 Å². The first-order valence-corrected chi connectivity index (χ1v) is 8.99. The van der Waals surface area contributed by atoms with Crippen LogP contribution in [0.4, 0.5) is 8.78 Å². The number of alkyl halides is 2. The summed E-state index contributed by atoms with van der Waals surface area (Å²) in [7, 11) is 0. The lowest BCUT2D eigenvalue weighted by Gasteiger charge is -2.28. The van der Waals surface area contributed by atoms with Gasteiger partial charge in [0.2, 0.25) is 5.92 Å². The predicted molar refractivity (Wildman–Crippen MR) is 96.7 cm³/mol. The number of ether oxygens (including phenoxy) is 1. The third-order valence-corrected chi connectivity index (χ3v) is 5.15. The van der Waals surface area contributed by atoms with Crippen molar-refractivity contribution in [3.05, 3.63) is 41.7 Å². The van der Waals surface area contributed by atoms with Crippen molar-refractivity contribution in [3.63, 3.8) is 0 Å². The fraction of sp³-hybridized carbons (Fsp3) is 0.368. The Labute approximate surface area is 154 Å². The van der Waals surface area contributed by atoms with Crippen LogP contribution < -0.4 is 4.74 Å². The number of halogens is 3. The molecule has 0 bridgehead atoms. The Morgan fingerprint density at radius 3 is 2.85 bits per heavy atom. The van der Waals surface area contributed by atoms with Crippen LogP contribution in [-0.2, 0) is 0 Å². The molecule has 136 valence electrons. The molecule has 0 atom stereocenters. The van der Waals surface area contributed by atoms with Crippen molar-refractivity contribution in [2.75, 3.05) is 6.61 Å². The number of hydrogen-bond acceptors (Lipinski definition) is 3. The van der Waals surface area contributed by atoms with Gasteiger partial charge in [0.15, 0.2) is 0 Å². The highest BCUT2D eigenvalue weighted by atomic mass is 35.5. The van der Waals surface area contributed by atoms with E-state index in [9.17, 15) is 8.78 Å². The second kappa shape index (κ2) is 6.83. The largest absolute Gasteiger partial charge is 0.493 e. The van der Waals surface area contributed by atoms with Crippen molar-refractivity contribution < 1.29 is 13.5 Å². The maximum absolute atomic E-state index is 13.2. The molecule has 4 nitrogen and oxygen atoms in total. The monoisotopic (exact) mass is 377 g/mol. The molecule has 0 spiro atoms. The standard InChI is InChI=1S/C19H18ClF2N3O/c20-18-16-15(6-9-23-18)24-25-17(16)13-2-1-3-14(10-13)26-11-12-4-7-19(21,22)8-5-12/h1-3,6,9-10,12H,4-5,7-8,11H2,(H,24,25). The van der Waals surface area contributed by atoms with E-state index in [1.165, 1.54) is 0 Å². The summed E-state index contributed by atoms with van der Waals surface area (Å²) in [6, 6.07) is 9.36. The van der Waals surface area contributed by atoms with Gasteiger partial charge in [-0.05, 0) is 37.0 Å². The van der Waals surface area contributed by atoms with E-state index in [0.29, 0.717) is 36.0 Å². The lowest BCUT2D eigenvalue weighted by molar-refractivity contribution is -0.0498. The Bertz CT molecular complexity index is 918. The summed E-state index contributed by atoms with van der Waals surface area (Å²) >= 11 is 6.22. The molecular weight excluding hydrogens is 360 g/mol. The van der Waals surface area contributed by atoms with E-state index in [1.54, 1.807) is 6.20 Å². The van der Waals surface area contributed by atoms with Crippen LogP contribution in [0.25, 0.3) is 22.2 Å². The average molecular weight is 378 g/mol. The van der Waals surface area contributed by atoms with Crippen LogP contribution >= 0.6 is 11.6 Å². The molecule has 1 saturated carbocycles. The van der Waals surface area contributed by atoms with E-state index in [0.717, 1.165) is 16.5 Å². The van der Waals surface area contributed by atoms with Crippen LogP contribution in [0.15, 0.2) is 36.5 Å². The van der Waals surface area contributed by atoms with Crippen LogP contribution in [-0.4, -0.2) is 27.7 Å². The molecule has 7 heteroatoms. The fourth-order valence-electron chi connectivity index (χ4n) is 3.35. The normalized spacial score (nSPS) is 17.5. The van der Waals surface area contributed by atoms with E-state index in [-0.39, 0.29) is 18.8 Å². The van der Waals surface area contributed by atoms with Crippen molar-refractivity contribution in [2.24, 2.45) is 5.92 Å². The van der Waals surface area contributed by atoms with Crippen molar-refractivity contribution in [2.45, 2.75) is 31.6 Å². The molecule has 1 N–H and O–H groups in total. The Hall–Kier alpha value is -2.21. The lowest BCUT2D eigenvalue weighted by atomic mass is 9.87. The summed E-state index contributed by atoms with van der Waals surface area (Å²) in [4.78, 5) is 4.11. The molecule has 0 radical (unpaired) electrons. The van der Waals surface area contributed by atoms with Crippen LogP contribution in [0, 0.1) is 5.92 Å². The molecular formula is C19H18ClF2N3O. The highest BCUT2D eigenvalue weighted by molar-refractivity contribution is 6.35. The summed E-state index contributed by atoms with van der Waals surface area (Å²) in [6.07, 6.45) is 2.52. The zero-order valence-electron chi connectivity index (χ0n) is 14.0. The van der Waals surface area contributed by atoms with Crippen LogP contribution in [0.1, 0.15) is 25.7 Å². The lowest BCUT2D eigenvalue weighted by Crippen LogP contribution is -2.27. The van der Waals surface area contributed by atoms with Gasteiger partial charge in [0, 0.05) is 24.6 Å². The third kappa shape index (κ3) is 3.51. The highest BCUT2D eigenvalue weighted by Crippen LogP contribution is 2.37. The number of nitrogens with one attached hydrogen (secondary N) is 1. The Balaban J connectivity index is 1.50. The zero-order valence-corrected chi connectivity index (χ0v) is 14.8.